The molecule has 0 aliphatic carbocycles. The molecule has 0 spiro atoms. The highest BCUT2D eigenvalue weighted by molar-refractivity contribution is 5.97. The molecule has 0 atom stereocenters. The van der Waals surface area contributed by atoms with Crippen LogP contribution in [-0.2, 0) is 4.74 Å². The Bertz CT molecular complexity index is 599. The molecule has 1 fully saturated rings. The Morgan fingerprint density at radius 2 is 1.43 bits per heavy atom. The molecular weight excluding hydrogens is 292 g/mol. The van der Waals surface area contributed by atoms with E-state index < -0.39 is 0 Å². The van der Waals surface area contributed by atoms with Gasteiger partial charge in [0, 0.05) is 31.7 Å². The predicted octanol–water partition coefficient (Wildman–Crippen LogP) is 2.83. The topological polar surface area (TPSA) is 49.9 Å². The summed E-state index contributed by atoms with van der Waals surface area (Å²) in [6.07, 6.45) is 0.446. The number of benzene rings is 1. The van der Waals surface area contributed by atoms with E-state index in [1.807, 2.05) is 32.6 Å². The van der Waals surface area contributed by atoms with Gasteiger partial charge in [-0.05, 0) is 56.4 Å². The van der Waals surface area contributed by atoms with Crippen LogP contribution < -0.4 is 0 Å². The first kappa shape index (κ1) is 17.3. The molecule has 0 N–H and O–H groups in total. The smallest absolute Gasteiger partial charge is 0.409 e. The molecule has 23 heavy (non-hydrogen) atoms. The maximum Gasteiger partial charge on any atom is 0.409 e. The zero-order chi connectivity index (χ0) is 17.1. The minimum absolute atomic E-state index is 0.0681. The number of ether oxygens (including phenoxy) is 1. The van der Waals surface area contributed by atoms with Crippen molar-refractivity contribution in [2.75, 3.05) is 33.3 Å². The number of methoxy groups -OCH3 is 1. The van der Waals surface area contributed by atoms with Crippen molar-refractivity contribution >= 4 is 12.0 Å². The summed E-state index contributed by atoms with van der Waals surface area (Å²) in [5, 5.41) is 0. The van der Waals surface area contributed by atoms with E-state index in [0.717, 1.165) is 34.2 Å². The van der Waals surface area contributed by atoms with Gasteiger partial charge >= 0.3 is 6.09 Å². The van der Waals surface area contributed by atoms with Gasteiger partial charge in [0.15, 0.2) is 0 Å². The highest BCUT2D eigenvalue weighted by Crippen LogP contribution is 2.23. The van der Waals surface area contributed by atoms with Crippen LogP contribution in [0.5, 0.6) is 0 Å². The van der Waals surface area contributed by atoms with Crippen LogP contribution >= 0.6 is 0 Å². The van der Waals surface area contributed by atoms with Gasteiger partial charge in [-0.3, -0.25) is 4.79 Å². The molecule has 0 aromatic heterocycles. The fourth-order valence-electron chi connectivity index (χ4n) is 3.13. The highest BCUT2D eigenvalue weighted by atomic mass is 16.5. The van der Waals surface area contributed by atoms with E-state index in [9.17, 15) is 9.59 Å². The zero-order valence-electron chi connectivity index (χ0n) is 14.7. The van der Waals surface area contributed by atoms with Crippen LogP contribution in [0.3, 0.4) is 0 Å². The Morgan fingerprint density at radius 1 is 0.913 bits per heavy atom. The molecule has 1 saturated heterocycles. The zero-order valence-corrected chi connectivity index (χ0v) is 14.7. The molecule has 0 radical (unpaired) electrons. The molecule has 1 aliphatic rings. The molecule has 126 valence electrons. The molecule has 1 aromatic rings. The summed E-state index contributed by atoms with van der Waals surface area (Å²) < 4.78 is 4.78. The first-order valence-corrected chi connectivity index (χ1v) is 8.06. The Hall–Kier alpha value is -2.04. The van der Waals surface area contributed by atoms with Gasteiger partial charge in [0.25, 0.3) is 5.91 Å². The third-order valence-corrected chi connectivity index (χ3v) is 4.80. The van der Waals surface area contributed by atoms with Gasteiger partial charge in [-0.15, -0.1) is 0 Å². The summed E-state index contributed by atoms with van der Waals surface area (Å²) in [6, 6.07) is 2.13. The second-order valence-electron chi connectivity index (χ2n) is 6.24. The maximum absolute atomic E-state index is 13.0. The van der Waals surface area contributed by atoms with Crippen molar-refractivity contribution in [2.45, 2.75) is 34.1 Å². The van der Waals surface area contributed by atoms with Gasteiger partial charge < -0.3 is 14.5 Å². The molecule has 1 heterocycles. The molecule has 0 unspecified atom stereocenters. The van der Waals surface area contributed by atoms with Crippen LogP contribution in [0.15, 0.2) is 6.07 Å². The summed E-state index contributed by atoms with van der Waals surface area (Å²) in [6.45, 7) is 10.4. The predicted molar refractivity (Wildman–Crippen MR) is 89.9 cm³/mol. The standard InChI is InChI=1S/C18H26N2O3/c1-12-11-13(2)15(4)16(14(12)3)17(21)19-7-6-8-20(10-9-19)18(22)23-5/h11H,6-10H2,1-5H3. The fraction of sp³-hybridized carbons (Fsp3) is 0.556. The Balaban J connectivity index is 2.23. The van der Waals surface area contributed by atoms with E-state index in [-0.39, 0.29) is 12.0 Å². The van der Waals surface area contributed by atoms with E-state index in [4.69, 9.17) is 4.74 Å². The quantitative estimate of drug-likeness (QED) is 0.800. The molecule has 5 heteroatoms. The van der Waals surface area contributed by atoms with Crippen LogP contribution in [0.4, 0.5) is 4.79 Å². The lowest BCUT2D eigenvalue weighted by atomic mass is 9.93. The first-order valence-electron chi connectivity index (χ1n) is 8.06. The van der Waals surface area contributed by atoms with Gasteiger partial charge in [0.2, 0.25) is 0 Å². The van der Waals surface area contributed by atoms with Crippen molar-refractivity contribution in [3.63, 3.8) is 0 Å². The number of carbonyl (C=O) groups is 2. The van der Waals surface area contributed by atoms with E-state index in [2.05, 4.69) is 6.07 Å². The molecule has 2 rings (SSSR count). The molecule has 0 bridgehead atoms. The Labute approximate surface area is 138 Å². The van der Waals surface area contributed by atoms with Crippen LogP contribution in [-0.4, -0.2) is 55.1 Å². The normalized spacial score (nSPS) is 15.3. The summed E-state index contributed by atoms with van der Waals surface area (Å²) in [7, 11) is 1.39. The van der Waals surface area contributed by atoms with Crippen LogP contribution in [0.1, 0.15) is 39.0 Å². The van der Waals surface area contributed by atoms with Crippen molar-refractivity contribution in [3.05, 3.63) is 33.9 Å². The number of carbonyl (C=O) groups excluding carboxylic acids is 2. The number of aryl methyl sites for hydroxylation is 2. The van der Waals surface area contributed by atoms with E-state index in [0.29, 0.717) is 26.2 Å². The van der Waals surface area contributed by atoms with Gasteiger partial charge in [0.1, 0.15) is 0 Å². The number of hydrogen-bond acceptors (Lipinski definition) is 3. The average molecular weight is 318 g/mol. The number of hydrogen-bond donors (Lipinski definition) is 0. The van der Waals surface area contributed by atoms with Gasteiger partial charge in [-0.2, -0.15) is 0 Å². The molecule has 2 amide bonds. The Kier molecular flexibility index (Phi) is 5.29. The number of amides is 2. The third-order valence-electron chi connectivity index (χ3n) is 4.80. The summed E-state index contributed by atoms with van der Waals surface area (Å²) in [5.41, 5.74) is 5.19. The van der Waals surface area contributed by atoms with Crippen LogP contribution in [0, 0.1) is 27.7 Å². The lowest BCUT2D eigenvalue weighted by Gasteiger charge is -2.24. The second kappa shape index (κ2) is 7.02. The number of rotatable bonds is 1. The first-order chi connectivity index (χ1) is 10.9. The monoisotopic (exact) mass is 318 g/mol. The van der Waals surface area contributed by atoms with Crippen molar-refractivity contribution in [1.29, 1.82) is 0 Å². The summed E-state index contributed by atoms with van der Waals surface area (Å²) in [4.78, 5) is 28.2. The molecule has 1 aromatic carbocycles. The van der Waals surface area contributed by atoms with E-state index >= 15 is 0 Å². The van der Waals surface area contributed by atoms with Gasteiger partial charge in [-0.25, -0.2) is 4.79 Å². The lowest BCUT2D eigenvalue weighted by Crippen LogP contribution is -2.37. The lowest BCUT2D eigenvalue weighted by molar-refractivity contribution is 0.0755. The van der Waals surface area contributed by atoms with Gasteiger partial charge in [0.05, 0.1) is 7.11 Å². The molecule has 0 saturated carbocycles. The molecule has 1 aliphatic heterocycles. The fourth-order valence-corrected chi connectivity index (χ4v) is 3.13. The summed E-state index contributed by atoms with van der Waals surface area (Å²) >= 11 is 0. The van der Waals surface area contributed by atoms with Crippen molar-refractivity contribution in [3.8, 4) is 0 Å². The van der Waals surface area contributed by atoms with Crippen molar-refractivity contribution < 1.29 is 14.3 Å². The minimum atomic E-state index is -0.321. The van der Waals surface area contributed by atoms with E-state index in [1.54, 1.807) is 4.90 Å². The largest absolute Gasteiger partial charge is 0.453 e. The van der Waals surface area contributed by atoms with Gasteiger partial charge in [-0.1, -0.05) is 6.07 Å². The molecule has 5 nitrogen and oxygen atoms in total. The highest BCUT2D eigenvalue weighted by Gasteiger charge is 2.25. The third kappa shape index (κ3) is 3.49. The maximum atomic E-state index is 13.0. The van der Waals surface area contributed by atoms with Crippen molar-refractivity contribution in [2.24, 2.45) is 0 Å². The van der Waals surface area contributed by atoms with Crippen LogP contribution in [0.2, 0.25) is 0 Å². The second-order valence-corrected chi connectivity index (χ2v) is 6.24. The Morgan fingerprint density at radius 3 is 2.00 bits per heavy atom. The van der Waals surface area contributed by atoms with Crippen LogP contribution in [0.25, 0.3) is 0 Å². The van der Waals surface area contributed by atoms with E-state index in [1.165, 1.54) is 7.11 Å². The van der Waals surface area contributed by atoms with Crippen molar-refractivity contribution in [1.82, 2.24) is 9.80 Å². The number of nitrogens with zero attached hydrogens (tertiary/aromatic N) is 2. The summed E-state index contributed by atoms with van der Waals surface area (Å²) in [5.74, 6) is 0.0681. The minimum Gasteiger partial charge on any atom is -0.453 e. The molecular formula is C18H26N2O3. The average Bonchev–Trinajstić information content (AvgIpc) is 2.78. The SMILES string of the molecule is COC(=O)N1CCCN(C(=O)c2c(C)c(C)cc(C)c2C)CC1.